The third-order valence-electron chi connectivity index (χ3n) is 5.02. The van der Waals surface area contributed by atoms with E-state index in [0.717, 1.165) is 16.7 Å². The highest BCUT2D eigenvalue weighted by Gasteiger charge is 2.38. The van der Waals surface area contributed by atoms with E-state index in [4.69, 9.17) is 14.9 Å². The second-order valence-electron chi connectivity index (χ2n) is 6.95. The molecule has 0 aliphatic heterocycles. The molecule has 0 bridgehead atoms. The molecule has 1 aromatic heterocycles. The Morgan fingerprint density at radius 3 is 1.67 bits per heavy atom. The number of hydrogen-bond donors (Lipinski definition) is 1. The van der Waals surface area contributed by atoms with Crippen molar-refractivity contribution in [3.63, 3.8) is 0 Å². The fourth-order valence-electron chi connectivity index (χ4n) is 3.68. The summed E-state index contributed by atoms with van der Waals surface area (Å²) in [6.45, 7) is 1.75. The minimum Gasteiger partial charge on any atom is -0.433 e. The normalized spacial score (nSPS) is 11.4. The van der Waals surface area contributed by atoms with E-state index in [-0.39, 0.29) is 12.4 Å². The third-order valence-corrected chi connectivity index (χ3v) is 5.02. The maximum atomic E-state index is 11.5. The Kier molecular flexibility index (Phi) is 5.46. The molecule has 1 heterocycles. The van der Waals surface area contributed by atoms with Crippen LogP contribution in [0.15, 0.2) is 95.4 Å². The minimum atomic E-state index is -0.890. The fraction of sp³-hybridized carbons (Fsp3) is 0.120. The Hall–Kier alpha value is -3.70. The molecule has 0 saturated carbocycles. The summed E-state index contributed by atoms with van der Waals surface area (Å²) in [7, 11) is 0. The van der Waals surface area contributed by atoms with E-state index in [1.54, 1.807) is 6.92 Å². The van der Waals surface area contributed by atoms with Crippen LogP contribution in [0.25, 0.3) is 0 Å². The standard InChI is InChI=1S/C25H22N2O3/c1-18-23(24(26)28)30-22(27-18)17-29-25(19-11-5-2-6-12-19,20-13-7-3-8-14-20)21-15-9-4-10-16-21/h2-16H,17H2,1H3,(H2,26,28). The van der Waals surface area contributed by atoms with Gasteiger partial charge in [-0.25, -0.2) is 4.98 Å². The van der Waals surface area contributed by atoms with E-state index in [9.17, 15) is 4.79 Å². The molecule has 5 heteroatoms. The van der Waals surface area contributed by atoms with E-state index in [1.807, 2.05) is 91.0 Å². The molecule has 0 aliphatic rings. The molecule has 4 rings (SSSR count). The topological polar surface area (TPSA) is 78.3 Å². The monoisotopic (exact) mass is 398 g/mol. The van der Waals surface area contributed by atoms with Gasteiger partial charge in [0.25, 0.3) is 5.91 Å². The number of hydrogen-bond acceptors (Lipinski definition) is 4. The van der Waals surface area contributed by atoms with Gasteiger partial charge < -0.3 is 14.9 Å². The zero-order valence-corrected chi connectivity index (χ0v) is 16.6. The lowest BCUT2D eigenvalue weighted by Gasteiger charge is -2.35. The van der Waals surface area contributed by atoms with Crippen LogP contribution in [0.3, 0.4) is 0 Å². The molecule has 1 amide bonds. The number of carbonyl (C=O) groups is 1. The number of primary amides is 1. The van der Waals surface area contributed by atoms with Gasteiger partial charge in [0.1, 0.15) is 12.2 Å². The average molecular weight is 398 g/mol. The van der Waals surface area contributed by atoms with Crippen LogP contribution in [0.2, 0.25) is 0 Å². The third kappa shape index (κ3) is 3.63. The quantitative estimate of drug-likeness (QED) is 0.462. The number of benzene rings is 3. The highest BCUT2D eigenvalue weighted by molar-refractivity contribution is 5.90. The van der Waals surface area contributed by atoms with Gasteiger partial charge >= 0.3 is 0 Å². The number of carbonyl (C=O) groups excluding carboxylic acids is 1. The first-order chi connectivity index (χ1) is 14.6. The number of ether oxygens (including phenoxy) is 1. The highest BCUT2D eigenvalue weighted by Crippen LogP contribution is 2.41. The highest BCUT2D eigenvalue weighted by atomic mass is 16.5. The first kappa shape index (κ1) is 19.6. The summed E-state index contributed by atoms with van der Waals surface area (Å²) in [4.78, 5) is 15.9. The molecule has 0 fully saturated rings. The Balaban J connectivity index is 1.85. The van der Waals surface area contributed by atoms with Crippen molar-refractivity contribution in [3.8, 4) is 0 Å². The average Bonchev–Trinajstić information content (AvgIpc) is 3.17. The number of nitrogens with two attached hydrogens (primary N) is 1. The molecule has 0 atom stereocenters. The van der Waals surface area contributed by atoms with Crippen molar-refractivity contribution in [3.05, 3.63) is 125 Å². The van der Waals surface area contributed by atoms with Crippen LogP contribution >= 0.6 is 0 Å². The van der Waals surface area contributed by atoms with E-state index in [0.29, 0.717) is 11.6 Å². The number of nitrogens with zero attached hydrogens (tertiary/aromatic N) is 1. The number of aromatic nitrogens is 1. The van der Waals surface area contributed by atoms with Gasteiger partial charge in [0.15, 0.2) is 0 Å². The van der Waals surface area contributed by atoms with Crippen LogP contribution in [0, 0.1) is 6.92 Å². The van der Waals surface area contributed by atoms with Crippen molar-refractivity contribution in [2.24, 2.45) is 5.73 Å². The van der Waals surface area contributed by atoms with Crippen LogP contribution in [0.4, 0.5) is 0 Å². The van der Waals surface area contributed by atoms with Gasteiger partial charge in [-0.3, -0.25) is 4.79 Å². The number of aryl methyl sites for hydroxylation is 1. The van der Waals surface area contributed by atoms with Crippen molar-refractivity contribution in [1.82, 2.24) is 4.98 Å². The molecule has 30 heavy (non-hydrogen) atoms. The Labute approximate surface area is 175 Å². The lowest BCUT2D eigenvalue weighted by molar-refractivity contribution is -0.0103. The smallest absolute Gasteiger partial charge is 0.286 e. The molecule has 5 nitrogen and oxygen atoms in total. The van der Waals surface area contributed by atoms with Crippen molar-refractivity contribution >= 4 is 5.91 Å². The lowest BCUT2D eigenvalue weighted by Crippen LogP contribution is -2.32. The summed E-state index contributed by atoms with van der Waals surface area (Å²) in [5.41, 5.74) is 7.85. The fourth-order valence-corrected chi connectivity index (χ4v) is 3.68. The molecule has 2 N–H and O–H groups in total. The van der Waals surface area contributed by atoms with E-state index in [2.05, 4.69) is 4.98 Å². The number of oxazole rings is 1. The zero-order valence-electron chi connectivity index (χ0n) is 16.6. The second-order valence-corrected chi connectivity index (χ2v) is 6.95. The Morgan fingerprint density at radius 1 is 0.867 bits per heavy atom. The van der Waals surface area contributed by atoms with Crippen molar-refractivity contribution in [2.45, 2.75) is 19.1 Å². The Morgan fingerprint density at radius 2 is 1.30 bits per heavy atom. The molecule has 0 aliphatic carbocycles. The van der Waals surface area contributed by atoms with Crippen molar-refractivity contribution in [1.29, 1.82) is 0 Å². The Bertz CT molecular complexity index is 1030. The summed E-state index contributed by atoms with van der Waals surface area (Å²) >= 11 is 0. The maximum absolute atomic E-state index is 11.5. The zero-order chi connectivity index (χ0) is 21.0. The first-order valence-corrected chi connectivity index (χ1v) is 9.68. The van der Waals surface area contributed by atoms with Gasteiger partial charge in [-0.1, -0.05) is 91.0 Å². The minimum absolute atomic E-state index is 0.0540. The van der Waals surface area contributed by atoms with E-state index >= 15 is 0 Å². The molecule has 0 radical (unpaired) electrons. The molecule has 0 unspecified atom stereocenters. The molecule has 3 aromatic carbocycles. The molecular formula is C25H22N2O3. The summed E-state index contributed by atoms with van der Waals surface area (Å²) in [6, 6.07) is 30.1. The number of amides is 1. The predicted octanol–water partition coefficient (Wildman–Crippen LogP) is 4.59. The van der Waals surface area contributed by atoms with Gasteiger partial charge in [0.05, 0.1) is 5.69 Å². The number of rotatable bonds is 7. The van der Waals surface area contributed by atoms with Crippen LogP contribution in [-0.4, -0.2) is 10.9 Å². The van der Waals surface area contributed by atoms with Crippen LogP contribution in [-0.2, 0) is 16.9 Å². The summed E-state index contributed by atoms with van der Waals surface area (Å²) in [6.07, 6.45) is 0. The van der Waals surface area contributed by atoms with Crippen LogP contribution < -0.4 is 5.73 Å². The second kappa shape index (κ2) is 8.35. The van der Waals surface area contributed by atoms with Crippen molar-refractivity contribution < 1.29 is 13.9 Å². The van der Waals surface area contributed by atoms with Crippen molar-refractivity contribution in [2.75, 3.05) is 0 Å². The van der Waals surface area contributed by atoms with Gasteiger partial charge in [-0.05, 0) is 23.6 Å². The van der Waals surface area contributed by atoms with Gasteiger partial charge in [0.2, 0.25) is 11.7 Å². The molecule has 4 aromatic rings. The van der Waals surface area contributed by atoms with Gasteiger partial charge in [-0.2, -0.15) is 0 Å². The maximum Gasteiger partial charge on any atom is 0.286 e. The first-order valence-electron chi connectivity index (χ1n) is 9.68. The summed E-state index contributed by atoms with van der Waals surface area (Å²) < 4.78 is 12.2. The molecule has 150 valence electrons. The van der Waals surface area contributed by atoms with E-state index in [1.165, 1.54) is 0 Å². The lowest BCUT2D eigenvalue weighted by atomic mass is 9.80. The molecule has 0 spiro atoms. The summed E-state index contributed by atoms with van der Waals surface area (Å²) in [5.74, 6) is -0.293. The molecular weight excluding hydrogens is 376 g/mol. The van der Waals surface area contributed by atoms with Crippen LogP contribution in [0.1, 0.15) is 38.8 Å². The van der Waals surface area contributed by atoms with Crippen LogP contribution in [0.5, 0.6) is 0 Å². The van der Waals surface area contributed by atoms with E-state index < -0.39 is 11.5 Å². The predicted molar refractivity (Wildman–Crippen MR) is 114 cm³/mol. The SMILES string of the molecule is Cc1nc(COC(c2ccccc2)(c2ccccc2)c2ccccc2)oc1C(N)=O. The molecule has 0 saturated heterocycles. The van der Waals surface area contributed by atoms with Gasteiger partial charge in [0, 0.05) is 0 Å². The largest absolute Gasteiger partial charge is 0.433 e. The van der Waals surface area contributed by atoms with Gasteiger partial charge in [-0.15, -0.1) is 0 Å². The summed E-state index contributed by atoms with van der Waals surface area (Å²) in [5, 5.41) is 0.